The number of hydrogen-bond acceptors (Lipinski definition) is 8. The average molecular weight is 375 g/mol. The molecule has 2 N–H and O–H groups in total. The molecule has 138 valence electrons. The van der Waals surface area contributed by atoms with Gasteiger partial charge in [0.1, 0.15) is 0 Å². The van der Waals surface area contributed by atoms with Gasteiger partial charge >= 0.3 is 0 Å². The van der Waals surface area contributed by atoms with Gasteiger partial charge in [0.25, 0.3) is 11.8 Å². The third-order valence-electron chi connectivity index (χ3n) is 3.65. The van der Waals surface area contributed by atoms with Crippen molar-refractivity contribution >= 4 is 15.7 Å². The number of sulfone groups is 1. The second-order valence-electron chi connectivity index (χ2n) is 5.66. The van der Waals surface area contributed by atoms with Crippen molar-refractivity contribution in [3.63, 3.8) is 0 Å². The van der Waals surface area contributed by atoms with Crippen LogP contribution < -0.4 is 5.73 Å². The zero-order valence-corrected chi connectivity index (χ0v) is 14.9. The summed E-state index contributed by atoms with van der Waals surface area (Å²) in [7, 11) is -3.34. The molecule has 2 heterocycles. The molecule has 2 aromatic heterocycles. The first-order chi connectivity index (χ1) is 12.3. The zero-order chi connectivity index (χ0) is 18.9. The Morgan fingerprint density at radius 2 is 1.92 bits per heavy atom. The summed E-state index contributed by atoms with van der Waals surface area (Å²) in [6.07, 6.45) is 6.68. The van der Waals surface area contributed by atoms with E-state index in [2.05, 4.69) is 26.1 Å². The Bertz CT molecular complexity index is 1110. The Morgan fingerprint density at radius 1 is 1.23 bits per heavy atom. The summed E-state index contributed by atoms with van der Waals surface area (Å²) in [5, 5.41) is 6.96. The molecular formula is C17H21N5O3S. The molecule has 1 aromatic carbocycles. The summed E-state index contributed by atoms with van der Waals surface area (Å²) < 4.78 is 29.7. The van der Waals surface area contributed by atoms with Gasteiger partial charge in [-0.2, -0.15) is 0 Å². The highest BCUT2D eigenvalue weighted by atomic mass is 32.2. The van der Waals surface area contributed by atoms with Crippen LogP contribution in [-0.4, -0.2) is 33.8 Å². The molecule has 0 atom stereocenters. The smallest absolute Gasteiger partial charge is 0.293 e. The summed E-state index contributed by atoms with van der Waals surface area (Å²) in [5.74, 6) is 2.41. The van der Waals surface area contributed by atoms with Crippen LogP contribution in [0.2, 0.25) is 0 Å². The molecule has 0 fully saturated rings. The third-order valence-corrected chi connectivity index (χ3v) is 5.82. The largest absolute Gasteiger partial charge is 0.408 e. The van der Waals surface area contributed by atoms with Crippen LogP contribution in [0.5, 0.6) is 0 Å². The zero-order valence-electron chi connectivity index (χ0n) is 14.0. The summed E-state index contributed by atoms with van der Waals surface area (Å²) >= 11 is 0. The molecule has 8 nitrogen and oxygen atoms in total. The Kier molecular flexibility index (Phi) is 4.44. The number of hydrogen-bond donors (Lipinski definition) is 1. The van der Waals surface area contributed by atoms with E-state index in [-0.39, 0.29) is 32.5 Å². The van der Waals surface area contributed by atoms with Crippen LogP contribution in [0, 0.1) is 12.3 Å². The fourth-order valence-corrected chi connectivity index (χ4v) is 3.22. The maximum absolute atomic E-state index is 12.2. The molecular weight excluding hydrogens is 354 g/mol. The van der Waals surface area contributed by atoms with Crippen LogP contribution in [0.15, 0.2) is 39.8 Å². The average Bonchev–Trinajstić information content (AvgIpc) is 3.11. The van der Waals surface area contributed by atoms with Crippen molar-refractivity contribution in [3.05, 3.63) is 36.4 Å². The van der Waals surface area contributed by atoms with Gasteiger partial charge < -0.3 is 10.2 Å². The first-order valence-corrected chi connectivity index (χ1v) is 9.15. The second kappa shape index (κ2) is 6.57. The van der Waals surface area contributed by atoms with Gasteiger partial charge in [-0.15, -0.1) is 11.5 Å². The first-order valence-electron chi connectivity index (χ1n) is 7.60. The van der Waals surface area contributed by atoms with Crippen LogP contribution >= 0.6 is 0 Å². The van der Waals surface area contributed by atoms with E-state index >= 15 is 0 Å². The maximum Gasteiger partial charge on any atom is 0.293 e. The van der Waals surface area contributed by atoms with Crippen LogP contribution in [-0.2, 0) is 9.84 Å². The molecule has 0 amide bonds. The van der Waals surface area contributed by atoms with E-state index in [0.717, 1.165) is 0 Å². The van der Waals surface area contributed by atoms with Gasteiger partial charge in [-0.05, 0) is 31.9 Å². The lowest BCUT2D eigenvalue weighted by atomic mass is 10.1. The van der Waals surface area contributed by atoms with Crippen molar-refractivity contribution < 1.29 is 17.1 Å². The number of anilines is 1. The van der Waals surface area contributed by atoms with Gasteiger partial charge in [0.2, 0.25) is 0 Å². The van der Waals surface area contributed by atoms with Crippen molar-refractivity contribution in [1.82, 2.24) is 20.2 Å². The van der Waals surface area contributed by atoms with E-state index < -0.39 is 15.1 Å². The number of nitrogen functional groups attached to an aromatic ring is 1. The molecule has 0 saturated carbocycles. The number of benzene rings is 1. The van der Waals surface area contributed by atoms with Gasteiger partial charge in [0.15, 0.2) is 21.3 Å². The van der Waals surface area contributed by atoms with Crippen molar-refractivity contribution in [2.24, 2.45) is 0 Å². The quantitative estimate of drug-likeness (QED) is 0.690. The molecule has 0 saturated heterocycles. The van der Waals surface area contributed by atoms with Crippen molar-refractivity contribution in [2.45, 2.75) is 24.0 Å². The molecule has 26 heavy (non-hydrogen) atoms. The molecule has 0 unspecified atom stereocenters. The summed E-state index contributed by atoms with van der Waals surface area (Å²) in [6, 6.07) is 6.37. The normalized spacial score (nSPS) is 11.5. The topological polar surface area (TPSA) is 125 Å². The number of aromatic nitrogens is 4. The highest BCUT2D eigenvalue weighted by Gasteiger charge is 2.19. The Hall–Kier alpha value is -3.25. The highest BCUT2D eigenvalue weighted by molar-refractivity contribution is 7.92. The van der Waals surface area contributed by atoms with E-state index in [9.17, 15) is 8.42 Å². The SMILES string of the molecule is C#Cc1nnc(-c2nc(-c3ccc(S(=O)(=O)C(C)C)cc3)cnc2N)o1.[HH].[HH].[HH]. The van der Waals surface area contributed by atoms with Crippen LogP contribution in [0.1, 0.15) is 24.0 Å². The van der Waals surface area contributed by atoms with Gasteiger partial charge in [-0.3, -0.25) is 0 Å². The van der Waals surface area contributed by atoms with E-state index in [1.165, 1.54) is 18.3 Å². The maximum atomic E-state index is 12.2. The minimum Gasteiger partial charge on any atom is -0.408 e. The Labute approximate surface area is 154 Å². The fourth-order valence-electron chi connectivity index (χ4n) is 2.16. The standard InChI is InChI=1S/C17H15N5O3S.3H2/c1-4-14-21-22-17(25-14)15-16(18)19-9-13(20-15)11-5-7-12(8-6-11)26(23,24)10(2)3;;;/h1,5-10H,2-3H3,(H2,18,19);3*1H. The monoisotopic (exact) mass is 375 g/mol. The highest BCUT2D eigenvalue weighted by Crippen LogP contribution is 2.26. The minimum atomic E-state index is -3.34. The third kappa shape index (κ3) is 3.14. The summed E-state index contributed by atoms with van der Waals surface area (Å²) in [4.78, 5) is 8.72. The molecule has 0 aliphatic carbocycles. The van der Waals surface area contributed by atoms with Crippen LogP contribution in [0.4, 0.5) is 5.82 Å². The Balaban J connectivity index is 0.00000261. The number of rotatable bonds is 4. The number of terminal acetylenes is 1. The second-order valence-corrected chi connectivity index (χ2v) is 8.17. The van der Waals surface area contributed by atoms with Crippen LogP contribution in [0.3, 0.4) is 0 Å². The van der Waals surface area contributed by atoms with Gasteiger partial charge in [0, 0.05) is 9.84 Å². The van der Waals surface area contributed by atoms with Crippen molar-refractivity contribution in [3.8, 4) is 35.2 Å². The number of nitrogens with two attached hydrogens (primary N) is 1. The lowest BCUT2D eigenvalue weighted by Crippen LogP contribution is -2.13. The van der Waals surface area contributed by atoms with Crippen molar-refractivity contribution in [1.29, 1.82) is 0 Å². The predicted molar refractivity (Wildman–Crippen MR) is 102 cm³/mol. The fraction of sp³-hybridized carbons (Fsp3) is 0.176. The Morgan fingerprint density at radius 3 is 2.50 bits per heavy atom. The molecule has 0 radical (unpaired) electrons. The molecule has 3 aromatic rings. The number of nitrogens with zero attached hydrogens (tertiary/aromatic N) is 4. The molecule has 9 heteroatoms. The van der Waals surface area contributed by atoms with Crippen molar-refractivity contribution in [2.75, 3.05) is 5.73 Å². The van der Waals surface area contributed by atoms with Gasteiger partial charge in [-0.1, -0.05) is 17.2 Å². The predicted octanol–water partition coefficient (Wildman–Crippen LogP) is 2.68. The van der Waals surface area contributed by atoms with E-state index in [1.54, 1.807) is 26.0 Å². The van der Waals surface area contributed by atoms with Gasteiger partial charge in [-0.25, -0.2) is 18.4 Å². The molecule has 0 spiro atoms. The molecule has 0 aliphatic heterocycles. The minimum absolute atomic E-state index is 0. The van der Waals surface area contributed by atoms with E-state index in [1.807, 2.05) is 0 Å². The molecule has 0 bridgehead atoms. The first kappa shape index (κ1) is 17.6. The summed E-state index contributed by atoms with van der Waals surface area (Å²) in [6.45, 7) is 3.27. The summed E-state index contributed by atoms with van der Waals surface area (Å²) in [5.41, 5.74) is 7.18. The van der Waals surface area contributed by atoms with Gasteiger partial charge in [0.05, 0.1) is 22.0 Å². The lowest BCUT2D eigenvalue weighted by Gasteiger charge is -2.09. The lowest BCUT2D eigenvalue weighted by molar-refractivity contribution is 0.553. The van der Waals surface area contributed by atoms with Crippen LogP contribution in [0.25, 0.3) is 22.8 Å². The molecule has 0 aliphatic rings. The molecule has 3 rings (SSSR count). The van der Waals surface area contributed by atoms with E-state index in [4.69, 9.17) is 16.6 Å². The van der Waals surface area contributed by atoms with E-state index in [0.29, 0.717) is 11.3 Å².